The second kappa shape index (κ2) is 4.53. The Labute approximate surface area is 101 Å². The molecule has 0 saturated carbocycles. The number of methoxy groups -OCH3 is 1. The zero-order valence-corrected chi connectivity index (χ0v) is 10.1. The van der Waals surface area contributed by atoms with Gasteiger partial charge in [0, 0.05) is 43.6 Å². The van der Waals surface area contributed by atoms with Crippen LogP contribution in [0.15, 0.2) is 18.2 Å². The zero-order chi connectivity index (χ0) is 12.4. The van der Waals surface area contributed by atoms with Crippen molar-refractivity contribution < 1.29 is 9.53 Å². The summed E-state index contributed by atoms with van der Waals surface area (Å²) in [5.41, 5.74) is 7.38. The molecule has 2 N–H and O–H groups in total. The summed E-state index contributed by atoms with van der Waals surface area (Å²) in [5, 5.41) is 0. The highest BCUT2D eigenvalue weighted by atomic mass is 16.5. The fraction of sp³-hybridized carbons (Fsp3) is 0.417. The van der Waals surface area contributed by atoms with Gasteiger partial charge in [0.25, 0.3) is 0 Å². The number of ether oxygens (including phenoxy) is 1. The van der Waals surface area contributed by atoms with E-state index in [-0.39, 0.29) is 5.91 Å². The molecule has 1 fully saturated rings. The van der Waals surface area contributed by atoms with Gasteiger partial charge in [-0.25, -0.2) is 0 Å². The molecule has 0 unspecified atom stereocenters. The number of nitrogen functional groups attached to an aromatic ring is 1. The largest absolute Gasteiger partial charge is 0.497 e. The minimum atomic E-state index is 0.123. The van der Waals surface area contributed by atoms with Gasteiger partial charge in [-0.3, -0.25) is 4.79 Å². The van der Waals surface area contributed by atoms with Crippen LogP contribution in [-0.4, -0.2) is 44.6 Å². The lowest BCUT2D eigenvalue weighted by molar-refractivity contribution is -0.129. The summed E-state index contributed by atoms with van der Waals surface area (Å²) in [6.45, 7) is 1.94. The minimum absolute atomic E-state index is 0.123. The van der Waals surface area contributed by atoms with Crippen LogP contribution in [0, 0.1) is 0 Å². The number of piperazine rings is 1. The van der Waals surface area contributed by atoms with Crippen LogP contribution in [0.4, 0.5) is 11.4 Å². The molecule has 0 spiro atoms. The van der Waals surface area contributed by atoms with Crippen LogP contribution in [0.3, 0.4) is 0 Å². The fourth-order valence-corrected chi connectivity index (χ4v) is 1.89. The molecule has 1 heterocycles. The van der Waals surface area contributed by atoms with E-state index in [2.05, 4.69) is 0 Å². The number of hydrogen-bond donors (Lipinski definition) is 1. The summed E-state index contributed by atoms with van der Waals surface area (Å²) in [4.78, 5) is 15.4. The third-order valence-corrected chi connectivity index (χ3v) is 2.97. The Morgan fingerprint density at radius 3 is 2.71 bits per heavy atom. The summed E-state index contributed by atoms with van der Waals surface area (Å²) in [5.74, 6) is 0.837. The SMILES string of the molecule is COc1cc(N)cc(N2CCN(C)C(=O)C2)c1. The van der Waals surface area contributed by atoms with Gasteiger partial charge in [-0.1, -0.05) is 0 Å². The molecule has 5 heteroatoms. The minimum Gasteiger partial charge on any atom is -0.497 e. The molecule has 1 aliphatic rings. The van der Waals surface area contributed by atoms with Gasteiger partial charge in [0.05, 0.1) is 13.7 Å². The first kappa shape index (κ1) is 11.6. The number of nitrogens with zero attached hydrogens (tertiary/aromatic N) is 2. The van der Waals surface area contributed by atoms with E-state index in [1.807, 2.05) is 24.1 Å². The van der Waals surface area contributed by atoms with Gasteiger partial charge in [0.2, 0.25) is 5.91 Å². The molecule has 0 bridgehead atoms. The van der Waals surface area contributed by atoms with Gasteiger partial charge >= 0.3 is 0 Å². The molecule has 1 aliphatic heterocycles. The second-order valence-electron chi connectivity index (χ2n) is 4.20. The Kier molecular flexibility index (Phi) is 3.08. The Morgan fingerprint density at radius 2 is 2.06 bits per heavy atom. The third kappa shape index (κ3) is 2.43. The first-order valence-electron chi connectivity index (χ1n) is 5.53. The van der Waals surface area contributed by atoms with Gasteiger partial charge < -0.3 is 20.3 Å². The van der Waals surface area contributed by atoms with Crippen LogP contribution in [0.5, 0.6) is 5.75 Å². The van der Waals surface area contributed by atoms with Crippen molar-refractivity contribution in [2.24, 2.45) is 0 Å². The van der Waals surface area contributed by atoms with Crippen molar-refractivity contribution in [2.75, 3.05) is 44.4 Å². The lowest BCUT2D eigenvalue weighted by atomic mass is 10.2. The van der Waals surface area contributed by atoms with Gasteiger partial charge in [-0.15, -0.1) is 0 Å². The number of anilines is 2. The smallest absolute Gasteiger partial charge is 0.241 e. The Bertz CT molecular complexity index is 434. The predicted octanol–water partition coefficient (Wildman–Crippen LogP) is 0.556. The summed E-state index contributed by atoms with van der Waals surface area (Å²) in [6.07, 6.45) is 0. The topological polar surface area (TPSA) is 58.8 Å². The van der Waals surface area contributed by atoms with E-state index in [9.17, 15) is 4.79 Å². The summed E-state index contributed by atoms with van der Waals surface area (Å²) in [7, 11) is 3.42. The molecule has 17 heavy (non-hydrogen) atoms. The Balaban J connectivity index is 2.22. The number of carbonyl (C=O) groups excluding carboxylic acids is 1. The van der Waals surface area contributed by atoms with Gasteiger partial charge in [0.15, 0.2) is 0 Å². The molecule has 0 aromatic heterocycles. The van der Waals surface area contributed by atoms with Crippen molar-refractivity contribution in [1.29, 1.82) is 0 Å². The molecule has 2 rings (SSSR count). The van der Waals surface area contributed by atoms with Gasteiger partial charge in [0.1, 0.15) is 5.75 Å². The standard InChI is InChI=1S/C12H17N3O2/c1-14-3-4-15(8-12(14)16)10-5-9(13)6-11(7-10)17-2/h5-7H,3-4,8,13H2,1-2H3. The average molecular weight is 235 g/mol. The van der Waals surface area contributed by atoms with Crippen LogP contribution in [-0.2, 0) is 4.79 Å². The maximum atomic E-state index is 11.6. The molecule has 1 aromatic rings. The number of likely N-dealkylation sites (N-methyl/N-ethyl adjacent to an activating group) is 1. The van der Waals surface area contributed by atoms with Crippen LogP contribution in [0.1, 0.15) is 0 Å². The highest BCUT2D eigenvalue weighted by Gasteiger charge is 2.21. The predicted molar refractivity (Wildman–Crippen MR) is 67.3 cm³/mol. The van der Waals surface area contributed by atoms with E-state index in [0.29, 0.717) is 18.0 Å². The zero-order valence-electron chi connectivity index (χ0n) is 10.1. The highest BCUT2D eigenvalue weighted by Crippen LogP contribution is 2.26. The van der Waals surface area contributed by atoms with Crippen LogP contribution < -0.4 is 15.4 Å². The molecule has 0 radical (unpaired) electrons. The number of amides is 1. The molecular formula is C12H17N3O2. The third-order valence-electron chi connectivity index (χ3n) is 2.97. The maximum Gasteiger partial charge on any atom is 0.241 e. The van der Waals surface area contributed by atoms with E-state index in [0.717, 1.165) is 18.8 Å². The van der Waals surface area contributed by atoms with E-state index >= 15 is 0 Å². The molecule has 0 atom stereocenters. The molecule has 1 amide bonds. The van der Waals surface area contributed by atoms with Gasteiger partial charge in [-0.05, 0) is 6.07 Å². The summed E-state index contributed by atoms with van der Waals surface area (Å²) >= 11 is 0. The Morgan fingerprint density at radius 1 is 1.29 bits per heavy atom. The summed E-state index contributed by atoms with van der Waals surface area (Å²) in [6, 6.07) is 5.53. The number of carbonyl (C=O) groups is 1. The molecular weight excluding hydrogens is 218 g/mol. The quantitative estimate of drug-likeness (QED) is 0.761. The van der Waals surface area contributed by atoms with Crippen LogP contribution in [0.2, 0.25) is 0 Å². The van der Waals surface area contributed by atoms with E-state index in [4.69, 9.17) is 10.5 Å². The van der Waals surface area contributed by atoms with Gasteiger partial charge in [-0.2, -0.15) is 0 Å². The van der Waals surface area contributed by atoms with Crippen molar-refractivity contribution in [1.82, 2.24) is 4.90 Å². The number of benzene rings is 1. The first-order chi connectivity index (χ1) is 8.10. The van der Waals surface area contributed by atoms with E-state index in [1.165, 1.54) is 0 Å². The molecule has 0 aliphatic carbocycles. The number of hydrogen-bond acceptors (Lipinski definition) is 4. The fourth-order valence-electron chi connectivity index (χ4n) is 1.89. The lowest BCUT2D eigenvalue weighted by Crippen LogP contribution is -2.48. The van der Waals surface area contributed by atoms with Crippen molar-refractivity contribution in [3.63, 3.8) is 0 Å². The first-order valence-corrected chi connectivity index (χ1v) is 5.53. The van der Waals surface area contributed by atoms with Crippen molar-refractivity contribution >= 4 is 17.3 Å². The molecule has 5 nitrogen and oxygen atoms in total. The van der Waals surface area contributed by atoms with Crippen molar-refractivity contribution in [3.05, 3.63) is 18.2 Å². The van der Waals surface area contributed by atoms with Crippen molar-refractivity contribution in [3.8, 4) is 5.75 Å². The second-order valence-corrected chi connectivity index (χ2v) is 4.20. The average Bonchev–Trinajstić information content (AvgIpc) is 2.32. The maximum absolute atomic E-state index is 11.6. The highest BCUT2D eigenvalue weighted by molar-refractivity contribution is 5.83. The normalized spacial score (nSPS) is 16.2. The van der Waals surface area contributed by atoms with E-state index in [1.54, 1.807) is 18.1 Å². The lowest BCUT2D eigenvalue weighted by Gasteiger charge is -2.33. The number of rotatable bonds is 2. The molecule has 1 aromatic carbocycles. The number of nitrogens with two attached hydrogens (primary N) is 1. The van der Waals surface area contributed by atoms with E-state index < -0.39 is 0 Å². The summed E-state index contributed by atoms with van der Waals surface area (Å²) < 4.78 is 5.17. The van der Waals surface area contributed by atoms with Crippen molar-refractivity contribution in [2.45, 2.75) is 0 Å². The van der Waals surface area contributed by atoms with Crippen LogP contribution >= 0.6 is 0 Å². The molecule has 1 saturated heterocycles. The monoisotopic (exact) mass is 235 g/mol. The van der Waals surface area contributed by atoms with Crippen LogP contribution in [0.25, 0.3) is 0 Å². The Hall–Kier alpha value is -1.91. The molecule has 92 valence electrons.